The maximum atomic E-state index is 13.0. The first-order valence-corrected chi connectivity index (χ1v) is 9.77. The number of hydrogen-bond acceptors (Lipinski definition) is 5. The van der Waals surface area contributed by atoms with Gasteiger partial charge >= 0.3 is 0 Å². The third-order valence-corrected chi connectivity index (χ3v) is 4.59. The number of rotatable bonds is 7. The van der Waals surface area contributed by atoms with Crippen molar-refractivity contribution >= 4 is 11.8 Å². The van der Waals surface area contributed by atoms with Gasteiger partial charge in [0.15, 0.2) is 6.04 Å². The van der Waals surface area contributed by atoms with E-state index in [0.717, 1.165) is 11.1 Å². The van der Waals surface area contributed by atoms with Crippen LogP contribution in [0.4, 0.5) is 0 Å². The fraction of sp³-hybridized carbons (Fsp3) is 0.0833. The molecule has 4 aromatic rings. The molecule has 1 unspecified atom stereocenters. The van der Waals surface area contributed by atoms with E-state index in [1.807, 2.05) is 66.7 Å². The Labute approximate surface area is 179 Å². The van der Waals surface area contributed by atoms with Crippen LogP contribution in [0.3, 0.4) is 0 Å². The van der Waals surface area contributed by atoms with E-state index in [-0.39, 0.29) is 11.8 Å². The highest BCUT2D eigenvalue weighted by atomic mass is 16.4. The molecule has 0 spiro atoms. The molecule has 1 heterocycles. The fourth-order valence-electron chi connectivity index (χ4n) is 2.98. The highest BCUT2D eigenvalue weighted by Gasteiger charge is 2.29. The Morgan fingerprint density at radius 3 is 2.10 bits per heavy atom. The molecule has 4 rings (SSSR count). The van der Waals surface area contributed by atoms with Crippen molar-refractivity contribution in [2.75, 3.05) is 0 Å². The molecule has 2 N–H and O–H groups in total. The summed E-state index contributed by atoms with van der Waals surface area (Å²) in [6.45, 7) is 0.303. The van der Waals surface area contributed by atoms with E-state index in [1.165, 1.54) is 0 Å². The van der Waals surface area contributed by atoms with Crippen molar-refractivity contribution in [3.8, 4) is 11.5 Å². The summed E-state index contributed by atoms with van der Waals surface area (Å²) in [6, 6.07) is 26.2. The summed E-state index contributed by atoms with van der Waals surface area (Å²) in [7, 11) is 0. The largest absolute Gasteiger partial charge is 0.418 e. The van der Waals surface area contributed by atoms with Crippen LogP contribution in [-0.2, 0) is 11.3 Å². The van der Waals surface area contributed by atoms with Gasteiger partial charge in [-0.2, -0.15) is 0 Å². The molecule has 0 saturated carbocycles. The van der Waals surface area contributed by atoms with Crippen LogP contribution in [0.5, 0.6) is 0 Å². The molecule has 7 heteroatoms. The molecule has 0 bridgehead atoms. The van der Waals surface area contributed by atoms with Crippen molar-refractivity contribution in [3.63, 3.8) is 0 Å². The quantitative estimate of drug-likeness (QED) is 0.484. The molecule has 1 aromatic heterocycles. The second-order valence-corrected chi connectivity index (χ2v) is 6.79. The first-order chi connectivity index (χ1) is 15.2. The Balaban J connectivity index is 1.57. The van der Waals surface area contributed by atoms with Gasteiger partial charge in [-0.05, 0) is 29.8 Å². The average molecular weight is 412 g/mol. The smallest absolute Gasteiger partial charge is 0.252 e. The summed E-state index contributed by atoms with van der Waals surface area (Å²) < 4.78 is 5.74. The van der Waals surface area contributed by atoms with Crippen LogP contribution < -0.4 is 10.6 Å². The molecule has 0 aliphatic carbocycles. The van der Waals surface area contributed by atoms with E-state index < -0.39 is 17.9 Å². The number of nitrogens with one attached hydrogen (secondary N) is 2. The highest BCUT2D eigenvalue weighted by molar-refractivity contribution is 5.97. The lowest BCUT2D eigenvalue weighted by atomic mass is 10.1. The molecular weight excluding hydrogens is 392 g/mol. The first kappa shape index (κ1) is 20.0. The van der Waals surface area contributed by atoms with E-state index in [1.54, 1.807) is 24.3 Å². The van der Waals surface area contributed by atoms with Crippen LogP contribution in [0, 0.1) is 0 Å². The Morgan fingerprint density at radius 1 is 0.806 bits per heavy atom. The topological polar surface area (TPSA) is 97.1 Å². The predicted molar refractivity (Wildman–Crippen MR) is 115 cm³/mol. The Bertz CT molecular complexity index is 1150. The average Bonchev–Trinajstić information content (AvgIpc) is 3.32. The van der Waals surface area contributed by atoms with Crippen molar-refractivity contribution in [1.82, 2.24) is 20.8 Å². The molecule has 2 amide bonds. The van der Waals surface area contributed by atoms with Gasteiger partial charge in [-0.3, -0.25) is 9.59 Å². The molecule has 31 heavy (non-hydrogen) atoms. The maximum absolute atomic E-state index is 13.0. The molecule has 1 atom stereocenters. The molecule has 0 aliphatic rings. The number of hydrogen-bond donors (Lipinski definition) is 2. The predicted octanol–water partition coefficient (Wildman–Crippen LogP) is 3.52. The summed E-state index contributed by atoms with van der Waals surface area (Å²) >= 11 is 0. The van der Waals surface area contributed by atoms with E-state index in [2.05, 4.69) is 20.8 Å². The van der Waals surface area contributed by atoms with Gasteiger partial charge in [-0.1, -0.05) is 66.7 Å². The summed E-state index contributed by atoms with van der Waals surface area (Å²) in [4.78, 5) is 25.7. The van der Waals surface area contributed by atoms with Gasteiger partial charge in [0, 0.05) is 17.7 Å². The van der Waals surface area contributed by atoms with Crippen LogP contribution in [0.15, 0.2) is 95.4 Å². The SMILES string of the molecule is O=C(NC(C(=O)NCc1ccccc1)c1nnc(-c2ccccc2)o1)c1ccccc1. The summed E-state index contributed by atoms with van der Waals surface area (Å²) in [5.41, 5.74) is 2.07. The summed E-state index contributed by atoms with van der Waals surface area (Å²) in [5.74, 6) is -0.588. The molecular formula is C24H20N4O3. The second-order valence-electron chi connectivity index (χ2n) is 6.79. The zero-order chi connectivity index (χ0) is 21.5. The molecule has 0 saturated heterocycles. The number of aromatic nitrogens is 2. The van der Waals surface area contributed by atoms with Crippen molar-refractivity contribution in [2.24, 2.45) is 0 Å². The molecule has 154 valence electrons. The Kier molecular flexibility index (Phi) is 6.13. The van der Waals surface area contributed by atoms with Gasteiger partial charge in [0.05, 0.1) is 0 Å². The summed E-state index contributed by atoms with van der Waals surface area (Å²) in [5, 5.41) is 13.6. The number of carbonyl (C=O) groups is 2. The van der Waals surface area contributed by atoms with Crippen molar-refractivity contribution < 1.29 is 14.0 Å². The number of carbonyl (C=O) groups excluding carboxylic acids is 2. The van der Waals surface area contributed by atoms with Crippen molar-refractivity contribution in [2.45, 2.75) is 12.6 Å². The zero-order valence-electron chi connectivity index (χ0n) is 16.6. The molecule has 0 radical (unpaired) electrons. The molecule has 0 aliphatic heterocycles. The van der Waals surface area contributed by atoms with E-state index in [0.29, 0.717) is 12.1 Å². The van der Waals surface area contributed by atoms with Gasteiger partial charge < -0.3 is 15.1 Å². The van der Waals surface area contributed by atoms with Crippen LogP contribution in [0.1, 0.15) is 27.9 Å². The van der Waals surface area contributed by atoms with Crippen LogP contribution in [0.2, 0.25) is 0 Å². The normalized spacial score (nSPS) is 11.5. The first-order valence-electron chi connectivity index (χ1n) is 9.77. The van der Waals surface area contributed by atoms with Crippen molar-refractivity contribution in [1.29, 1.82) is 0 Å². The Morgan fingerprint density at radius 2 is 1.42 bits per heavy atom. The van der Waals surface area contributed by atoms with Gasteiger partial charge in [0.1, 0.15) is 0 Å². The molecule has 3 aromatic carbocycles. The van der Waals surface area contributed by atoms with Gasteiger partial charge in [-0.15, -0.1) is 10.2 Å². The van der Waals surface area contributed by atoms with Gasteiger partial charge in [0.2, 0.25) is 11.8 Å². The van der Waals surface area contributed by atoms with E-state index in [4.69, 9.17) is 4.42 Å². The third-order valence-electron chi connectivity index (χ3n) is 4.59. The van der Waals surface area contributed by atoms with Gasteiger partial charge in [0.25, 0.3) is 11.8 Å². The van der Waals surface area contributed by atoms with E-state index >= 15 is 0 Å². The summed E-state index contributed by atoms with van der Waals surface area (Å²) in [6.07, 6.45) is 0. The fourth-order valence-corrected chi connectivity index (χ4v) is 2.98. The molecule has 7 nitrogen and oxygen atoms in total. The highest BCUT2D eigenvalue weighted by Crippen LogP contribution is 2.21. The maximum Gasteiger partial charge on any atom is 0.252 e. The zero-order valence-corrected chi connectivity index (χ0v) is 16.6. The lowest BCUT2D eigenvalue weighted by Gasteiger charge is -2.15. The lowest BCUT2D eigenvalue weighted by molar-refractivity contribution is -0.123. The van der Waals surface area contributed by atoms with Crippen LogP contribution in [0.25, 0.3) is 11.5 Å². The minimum atomic E-state index is -1.14. The van der Waals surface area contributed by atoms with Crippen LogP contribution in [-0.4, -0.2) is 22.0 Å². The standard InChI is InChI=1S/C24H20N4O3/c29-21(18-12-6-2-7-13-18)26-20(22(30)25-16-17-10-4-1-5-11-17)24-28-27-23(31-24)19-14-8-3-9-15-19/h1-15,20H,16H2,(H,25,30)(H,26,29). The molecule has 0 fully saturated rings. The van der Waals surface area contributed by atoms with Crippen LogP contribution >= 0.6 is 0 Å². The minimum Gasteiger partial charge on any atom is -0.418 e. The van der Waals surface area contributed by atoms with Crippen molar-refractivity contribution in [3.05, 3.63) is 108 Å². The minimum absolute atomic E-state index is 0.00805. The van der Waals surface area contributed by atoms with E-state index in [9.17, 15) is 9.59 Å². The lowest BCUT2D eigenvalue weighted by Crippen LogP contribution is -2.40. The number of amides is 2. The third kappa shape index (κ3) is 5.02. The monoisotopic (exact) mass is 412 g/mol. The second kappa shape index (κ2) is 9.49. The number of nitrogens with zero attached hydrogens (tertiary/aromatic N) is 2. The number of benzene rings is 3. The van der Waals surface area contributed by atoms with Gasteiger partial charge in [-0.25, -0.2) is 0 Å². The Hall–Kier alpha value is -4.26.